The van der Waals surface area contributed by atoms with Gasteiger partial charge in [-0.3, -0.25) is 4.79 Å². The fourth-order valence-corrected chi connectivity index (χ4v) is 4.04. The Hall–Kier alpha value is -3.40. The molecule has 1 aliphatic rings. The van der Waals surface area contributed by atoms with Gasteiger partial charge in [-0.1, -0.05) is 51.1 Å². The number of carbonyl (C=O) groups excluding carboxylic acids is 1. The second-order valence-electron chi connectivity index (χ2n) is 9.01. The van der Waals surface area contributed by atoms with Crippen molar-refractivity contribution in [1.82, 2.24) is 4.98 Å². The van der Waals surface area contributed by atoms with Crippen molar-refractivity contribution in [3.8, 4) is 11.5 Å². The summed E-state index contributed by atoms with van der Waals surface area (Å²) >= 11 is 0. The van der Waals surface area contributed by atoms with Gasteiger partial charge in [-0.25, -0.2) is 4.98 Å². The van der Waals surface area contributed by atoms with Crippen LogP contribution in [0.2, 0.25) is 0 Å². The third kappa shape index (κ3) is 3.00. The minimum absolute atomic E-state index is 0.0332. The molecular weight excluding hydrogens is 372 g/mol. The molecule has 0 unspecified atom stereocenters. The van der Waals surface area contributed by atoms with Gasteiger partial charge in [0.25, 0.3) is 5.91 Å². The van der Waals surface area contributed by atoms with E-state index < -0.39 is 0 Å². The molecule has 0 spiro atoms. The molecule has 0 radical (unpaired) electrons. The Labute approximate surface area is 176 Å². The van der Waals surface area contributed by atoms with Crippen LogP contribution in [0.4, 0.5) is 5.69 Å². The second-order valence-corrected chi connectivity index (χ2v) is 9.01. The quantitative estimate of drug-likeness (QED) is 0.402. The summed E-state index contributed by atoms with van der Waals surface area (Å²) in [6.07, 6.45) is 0. The van der Waals surface area contributed by atoms with Gasteiger partial charge in [0.15, 0.2) is 5.58 Å². The van der Waals surface area contributed by atoms with Crippen molar-refractivity contribution in [3.05, 3.63) is 82.9 Å². The smallest absolute Gasteiger partial charge is 0.258 e. The van der Waals surface area contributed by atoms with Crippen LogP contribution in [0.15, 0.2) is 65.1 Å². The Balaban J connectivity index is 1.52. The molecule has 4 heteroatoms. The number of nitrogens with zero attached hydrogens (tertiary/aromatic N) is 2. The van der Waals surface area contributed by atoms with Crippen LogP contribution in [0.1, 0.15) is 47.8 Å². The lowest BCUT2D eigenvalue weighted by molar-refractivity contribution is 0.0996. The summed E-state index contributed by atoms with van der Waals surface area (Å²) in [5.74, 6) is 0.632. The van der Waals surface area contributed by atoms with Crippen molar-refractivity contribution in [3.63, 3.8) is 0 Å². The summed E-state index contributed by atoms with van der Waals surface area (Å²) in [6.45, 7) is 9.18. The number of amides is 1. The molecule has 0 saturated carbocycles. The zero-order valence-corrected chi connectivity index (χ0v) is 17.7. The maximum absolute atomic E-state index is 12.9. The van der Waals surface area contributed by atoms with Gasteiger partial charge in [-0.05, 0) is 59.4 Å². The monoisotopic (exact) mass is 396 g/mol. The van der Waals surface area contributed by atoms with Gasteiger partial charge in [-0.2, -0.15) is 0 Å². The number of carbonyl (C=O) groups is 1. The molecule has 0 saturated heterocycles. The van der Waals surface area contributed by atoms with Crippen LogP contribution in [0.5, 0.6) is 0 Å². The van der Waals surface area contributed by atoms with E-state index in [2.05, 4.69) is 45.0 Å². The summed E-state index contributed by atoms with van der Waals surface area (Å²) in [5.41, 5.74) is 7.50. The summed E-state index contributed by atoms with van der Waals surface area (Å²) in [6, 6.07) is 20.1. The molecule has 4 nitrogen and oxygen atoms in total. The van der Waals surface area contributed by atoms with E-state index in [0.717, 1.165) is 39.0 Å². The fourth-order valence-electron chi connectivity index (χ4n) is 4.04. The highest BCUT2D eigenvalue weighted by atomic mass is 16.3. The normalized spacial score (nSPS) is 13.9. The van der Waals surface area contributed by atoms with Crippen molar-refractivity contribution >= 4 is 22.7 Å². The van der Waals surface area contributed by atoms with Crippen molar-refractivity contribution in [2.24, 2.45) is 0 Å². The standard InChI is InChI=1S/C26H24N2O2/c1-16-13-20(28-15-18-7-5-6-8-21(18)25(28)29)14-22-23(16)30-24(27-22)17-9-11-19(12-10-17)26(2,3)4/h5-14H,15H2,1-4H3. The highest BCUT2D eigenvalue weighted by molar-refractivity contribution is 6.10. The molecule has 3 aromatic carbocycles. The average Bonchev–Trinajstić information content (AvgIpc) is 3.30. The van der Waals surface area contributed by atoms with E-state index in [1.54, 1.807) is 0 Å². The topological polar surface area (TPSA) is 46.3 Å². The van der Waals surface area contributed by atoms with Crippen molar-refractivity contribution in [2.45, 2.75) is 39.7 Å². The lowest BCUT2D eigenvalue weighted by Gasteiger charge is -2.18. The zero-order chi connectivity index (χ0) is 21.0. The third-order valence-electron chi connectivity index (χ3n) is 5.79. The fraction of sp³-hybridized carbons (Fsp3) is 0.231. The van der Waals surface area contributed by atoms with E-state index in [9.17, 15) is 4.79 Å². The number of fused-ring (bicyclic) bond motifs is 2. The Morgan fingerprint density at radius 2 is 1.73 bits per heavy atom. The minimum atomic E-state index is 0.0332. The van der Waals surface area contributed by atoms with Gasteiger partial charge in [0.2, 0.25) is 5.89 Å². The number of rotatable bonds is 2. The predicted octanol–water partition coefficient (Wildman–Crippen LogP) is 6.26. The molecule has 5 rings (SSSR count). The van der Waals surface area contributed by atoms with Crippen LogP contribution < -0.4 is 4.90 Å². The lowest BCUT2D eigenvalue weighted by Crippen LogP contribution is -2.23. The first-order chi connectivity index (χ1) is 14.3. The Morgan fingerprint density at radius 3 is 2.43 bits per heavy atom. The number of aryl methyl sites for hydroxylation is 1. The molecule has 1 amide bonds. The van der Waals surface area contributed by atoms with Gasteiger partial charge in [0, 0.05) is 16.8 Å². The van der Waals surface area contributed by atoms with Gasteiger partial charge in [-0.15, -0.1) is 0 Å². The summed E-state index contributed by atoms with van der Waals surface area (Å²) < 4.78 is 6.10. The molecule has 0 atom stereocenters. The molecule has 0 bridgehead atoms. The van der Waals surface area contributed by atoms with Gasteiger partial charge in [0.1, 0.15) is 5.52 Å². The summed E-state index contributed by atoms with van der Waals surface area (Å²) in [4.78, 5) is 19.4. The molecule has 0 aliphatic carbocycles. The Kier molecular flexibility index (Phi) is 4.07. The largest absolute Gasteiger partial charge is 0.436 e. The average molecular weight is 396 g/mol. The summed E-state index contributed by atoms with van der Waals surface area (Å²) in [5, 5.41) is 0. The van der Waals surface area contributed by atoms with E-state index in [-0.39, 0.29) is 11.3 Å². The van der Waals surface area contributed by atoms with Crippen molar-refractivity contribution in [1.29, 1.82) is 0 Å². The van der Waals surface area contributed by atoms with Crippen LogP contribution >= 0.6 is 0 Å². The maximum atomic E-state index is 12.9. The number of aromatic nitrogens is 1. The predicted molar refractivity (Wildman–Crippen MR) is 120 cm³/mol. The first-order valence-corrected chi connectivity index (χ1v) is 10.2. The van der Waals surface area contributed by atoms with Crippen LogP contribution in [-0.2, 0) is 12.0 Å². The highest BCUT2D eigenvalue weighted by Crippen LogP contribution is 2.34. The van der Waals surface area contributed by atoms with Gasteiger partial charge in [0.05, 0.1) is 6.54 Å². The van der Waals surface area contributed by atoms with Crippen LogP contribution in [0, 0.1) is 6.92 Å². The Bertz CT molecular complexity index is 1280. The van der Waals surface area contributed by atoms with E-state index in [0.29, 0.717) is 12.4 Å². The number of benzene rings is 3. The molecule has 30 heavy (non-hydrogen) atoms. The van der Waals surface area contributed by atoms with E-state index in [1.807, 2.05) is 48.2 Å². The van der Waals surface area contributed by atoms with Crippen molar-refractivity contribution in [2.75, 3.05) is 4.90 Å². The molecule has 1 aromatic heterocycles. The minimum Gasteiger partial charge on any atom is -0.436 e. The highest BCUT2D eigenvalue weighted by Gasteiger charge is 2.28. The molecule has 2 heterocycles. The van der Waals surface area contributed by atoms with Crippen molar-refractivity contribution < 1.29 is 9.21 Å². The summed E-state index contributed by atoms with van der Waals surface area (Å²) in [7, 11) is 0. The molecule has 1 aliphatic heterocycles. The second kappa shape index (κ2) is 6.56. The molecular formula is C26H24N2O2. The maximum Gasteiger partial charge on any atom is 0.258 e. The SMILES string of the molecule is Cc1cc(N2Cc3ccccc3C2=O)cc2nc(-c3ccc(C(C)(C)C)cc3)oc12. The number of oxazole rings is 1. The van der Waals surface area contributed by atoms with E-state index in [1.165, 1.54) is 5.56 Å². The molecule has 0 fully saturated rings. The number of hydrogen-bond acceptors (Lipinski definition) is 3. The van der Waals surface area contributed by atoms with Gasteiger partial charge >= 0.3 is 0 Å². The lowest BCUT2D eigenvalue weighted by atomic mass is 9.87. The first-order valence-electron chi connectivity index (χ1n) is 10.2. The number of hydrogen-bond donors (Lipinski definition) is 0. The van der Waals surface area contributed by atoms with Crippen LogP contribution in [0.25, 0.3) is 22.6 Å². The van der Waals surface area contributed by atoms with Gasteiger partial charge < -0.3 is 9.32 Å². The zero-order valence-electron chi connectivity index (χ0n) is 17.7. The third-order valence-corrected chi connectivity index (χ3v) is 5.79. The van der Waals surface area contributed by atoms with Crippen LogP contribution in [0.3, 0.4) is 0 Å². The number of anilines is 1. The first kappa shape index (κ1) is 18.6. The molecule has 150 valence electrons. The van der Waals surface area contributed by atoms with Crippen LogP contribution in [-0.4, -0.2) is 10.9 Å². The molecule has 0 N–H and O–H groups in total. The molecule has 4 aromatic rings. The Morgan fingerprint density at radius 1 is 1.00 bits per heavy atom. The van der Waals surface area contributed by atoms with E-state index >= 15 is 0 Å². The van der Waals surface area contributed by atoms with E-state index in [4.69, 9.17) is 9.40 Å².